The van der Waals surface area contributed by atoms with Gasteiger partial charge >= 0.3 is 0 Å². The lowest BCUT2D eigenvalue weighted by Gasteiger charge is -2.22. The number of benzene rings is 3. The summed E-state index contributed by atoms with van der Waals surface area (Å²) in [7, 11) is 4.57. The summed E-state index contributed by atoms with van der Waals surface area (Å²) >= 11 is 0. The van der Waals surface area contributed by atoms with Gasteiger partial charge in [0.05, 0.1) is 46.6 Å². The van der Waals surface area contributed by atoms with Gasteiger partial charge in [0.1, 0.15) is 17.6 Å². The summed E-state index contributed by atoms with van der Waals surface area (Å²) in [4.78, 5) is 0. The Kier molecular flexibility index (Phi) is 7.74. The van der Waals surface area contributed by atoms with E-state index in [1.54, 1.807) is 37.4 Å². The molecule has 2 heterocycles. The number of hydrogen-bond donors (Lipinski definition) is 4. The number of aliphatic hydroxyl groups excluding tert-OH is 2. The molecule has 3 aromatic rings. The molecule has 208 valence electrons. The van der Waals surface area contributed by atoms with Crippen molar-refractivity contribution < 1.29 is 44.1 Å². The summed E-state index contributed by atoms with van der Waals surface area (Å²) in [6.45, 7) is 0.214. The largest absolute Gasteiger partial charge is 0.504 e. The van der Waals surface area contributed by atoms with Crippen LogP contribution in [0.25, 0.3) is 0 Å². The first-order chi connectivity index (χ1) is 18.9. The average Bonchev–Trinajstić information content (AvgIpc) is 3.53. The number of phenols is 2. The zero-order valence-electron chi connectivity index (χ0n) is 22.2. The molecule has 1 saturated heterocycles. The van der Waals surface area contributed by atoms with E-state index in [0.717, 1.165) is 22.3 Å². The van der Waals surface area contributed by atoms with E-state index in [0.29, 0.717) is 36.0 Å². The zero-order chi connectivity index (χ0) is 27.7. The van der Waals surface area contributed by atoms with E-state index >= 15 is 0 Å². The first-order valence-corrected chi connectivity index (χ1v) is 12.9. The molecule has 4 N–H and O–H groups in total. The second-order valence-electron chi connectivity index (χ2n) is 9.96. The Balaban J connectivity index is 1.40. The highest BCUT2D eigenvalue weighted by molar-refractivity contribution is 5.55. The molecule has 9 heteroatoms. The van der Waals surface area contributed by atoms with Gasteiger partial charge in [-0.15, -0.1) is 0 Å². The average molecular weight is 539 g/mol. The van der Waals surface area contributed by atoms with Crippen molar-refractivity contribution >= 4 is 0 Å². The summed E-state index contributed by atoms with van der Waals surface area (Å²) in [5.41, 5.74) is 3.28. The predicted octanol–water partition coefficient (Wildman–Crippen LogP) is 3.87. The summed E-state index contributed by atoms with van der Waals surface area (Å²) in [5.74, 6) is 1.46. The number of aliphatic hydroxyl groups is 2. The Morgan fingerprint density at radius 2 is 1.49 bits per heavy atom. The quantitative estimate of drug-likeness (QED) is 0.321. The Bertz CT molecular complexity index is 1320. The summed E-state index contributed by atoms with van der Waals surface area (Å²) in [6.07, 6.45) is -0.244. The standard InChI is InChI=1S/C30H34O9/c1-35-24-7-5-17(11-23(24)34)29-20(13-31)19(15-38-29)8-16-9-26(37-3)28-21(14-32)30(39-27(28)10-16)18-4-6-22(33)25(12-18)36-2/h4-7,9-12,19-21,29-34H,8,13-15H2,1-3H3. The highest BCUT2D eigenvalue weighted by atomic mass is 16.5. The molecule has 9 nitrogen and oxygen atoms in total. The van der Waals surface area contributed by atoms with Gasteiger partial charge in [-0.05, 0) is 65.4 Å². The molecule has 5 rings (SSSR count). The topological polar surface area (TPSA) is 127 Å². The first-order valence-electron chi connectivity index (χ1n) is 12.9. The van der Waals surface area contributed by atoms with Gasteiger partial charge in [0, 0.05) is 18.1 Å². The number of fused-ring (bicyclic) bond motifs is 1. The van der Waals surface area contributed by atoms with Gasteiger partial charge in [-0.25, -0.2) is 0 Å². The number of ether oxygens (including phenoxy) is 5. The molecule has 0 bridgehead atoms. The third-order valence-corrected chi connectivity index (χ3v) is 7.83. The van der Waals surface area contributed by atoms with Crippen molar-refractivity contribution in [1.29, 1.82) is 0 Å². The fourth-order valence-electron chi connectivity index (χ4n) is 5.84. The number of rotatable bonds is 9. The van der Waals surface area contributed by atoms with E-state index in [-0.39, 0.29) is 48.6 Å². The monoisotopic (exact) mass is 538 g/mol. The van der Waals surface area contributed by atoms with Crippen LogP contribution in [0.1, 0.15) is 40.4 Å². The normalized spacial score (nSPS) is 23.8. The zero-order valence-corrected chi connectivity index (χ0v) is 22.2. The van der Waals surface area contributed by atoms with Crippen LogP contribution in [0.4, 0.5) is 0 Å². The fraction of sp³-hybridized carbons (Fsp3) is 0.400. The second-order valence-corrected chi connectivity index (χ2v) is 9.96. The molecular formula is C30H34O9. The molecule has 0 spiro atoms. The molecule has 39 heavy (non-hydrogen) atoms. The lowest BCUT2D eigenvalue weighted by Crippen LogP contribution is -2.21. The van der Waals surface area contributed by atoms with E-state index in [1.165, 1.54) is 14.2 Å². The maximum Gasteiger partial charge on any atom is 0.160 e. The van der Waals surface area contributed by atoms with Crippen molar-refractivity contribution in [3.8, 4) is 34.5 Å². The van der Waals surface area contributed by atoms with Crippen LogP contribution in [-0.4, -0.2) is 61.6 Å². The minimum absolute atomic E-state index is 0.0131. The SMILES string of the molecule is COc1ccc(C2OCC(Cc3cc(OC)c4c(c3)OC(c3ccc(O)c(OC)c3)C4CO)C2CO)cc1O. The molecule has 2 aliphatic heterocycles. The van der Waals surface area contributed by atoms with Gasteiger partial charge in [0.15, 0.2) is 23.0 Å². The molecule has 0 saturated carbocycles. The van der Waals surface area contributed by atoms with Crippen LogP contribution in [-0.2, 0) is 11.2 Å². The van der Waals surface area contributed by atoms with Gasteiger partial charge < -0.3 is 44.1 Å². The molecule has 5 unspecified atom stereocenters. The first kappa shape index (κ1) is 26.9. The number of phenolic OH excluding ortho intramolecular Hbond substituents is 2. The lowest BCUT2D eigenvalue weighted by molar-refractivity contribution is 0.0717. The Hall–Kier alpha value is -3.66. The molecule has 0 amide bonds. The molecule has 0 radical (unpaired) electrons. The molecule has 3 aromatic carbocycles. The summed E-state index contributed by atoms with van der Waals surface area (Å²) < 4.78 is 28.6. The fourth-order valence-corrected chi connectivity index (χ4v) is 5.84. The lowest BCUT2D eigenvalue weighted by atomic mass is 9.83. The van der Waals surface area contributed by atoms with E-state index in [4.69, 9.17) is 23.7 Å². The second kappa shape index (κ2) is 11.2. The van der Waals surface area contributed by atoms with Gasteiger partial charge in [-0.1, -0.05) is 12.1 Å². The van der Waals surface area contributed by atoms with Gasteiger partial charge in [0.2, 0.25) is 0 Å². The number of hydrogen-bond acceptors (Lipinski definition) is 9. The van der Waals surface area contributed by atoms with Gasteiger partial charge in [-0.3, -0.25) is 0 Å². The van der Waals surface area contributed by atoms with Crippen molar-refractivity contribution in [2.45, 2.75) is 24.5 Å². The van der Waals surface area contributed by atoms with E-state index < -0.39 is 6.10 Å². The highest BCUT2D eigenvalue weighted by Gasteiger charge is 2.41. The van der Waals surface area contributed by atoms with Crippen molar-refractivity contribution in [3.63, 3.8) is 0 Å². The van der Waals surface area contributed by atoms with E-state index in [1.807, 2.05) is 18.2 Å². The van der Waals surface area contributed by atoms with Crippen molar-refractivity contribution in [2.24, 2.45) is 11.8 Å². The van der Waals surface area contributed by atoms with Gasteiger partial charge in [0.25, 0.3) is 0 Å². The molecule has 0 aliphatic carbocycles. The van der Waals surface area contributed by atoms with Crippen molar-refractivity contribution in [1.82, 2.24) is 0 Å². The molecule has 5 atom stereocenters. The Morgan fingerprint density at radius 3 is 2.15 bits per heavy atom. The van der Waals surface area contributed by atoms with Crippen LogP contribution >= 0.6 is 0 Å². The van der Waals surface area contributed by atoms with Crippen LogP contribution in [0.3, 0.4) is 0 Å². The molecule has 0 aromatic heterocycles. The molecule has 1 fully saturated rings. The van der Waals surface area contributed by atoms with Crippen molar-refractivity contribution in [3.05, 3.63) is 70.8 Å². The minimum atomic E-state index is -0.490. The van der Waals surface area contributed by atoms with Crippen LogP contribution in [0.5, 0.6) is 34.5 Å². The smallest absolute Gasteiger partial charge is 0.160 e. The Morgan fingerprint density at radius 1 is 0.769 bits per heavy atom. The summed E-state index contributed by atoms with van der Waals surface area (Å²) in [5, 5.41) is 40.9. The summed E-state index contributed by atoms with van der Waals surface area (Å²) in [6, 6.07) is 14.1. The number of methoxy groups -OCH3 is 3. The molecular weight excluding hydrogens is 504 g/mol. The maximum atomic E-state index is 10.3. The van der Waals surface area contributed by atoms with Crippen LogP contribution < -0.4 is 18.9 Å². The van der Waals surface area contributed by atoms with Gasteiger partial charge in [-0.2, -0.15) is 0 Å². The third kappa shape index (κ3) is 4.93. The van der Waals surface area contributed by atoms with E-state index in [2.05, 4.69) is 0 Å². The maximum absolute atomic E-state index is 10.3. The third-order valence-electron chi connectivity index (χ3n) is 7.83. The molecule has 2 aliphatic rings. The number of aromatic hydroxyl groups is 2. The highest BCUT2D eigenvalue weighted by Crippen LogP contribution is 2.52. The van der Waals surface area contributed by atoms with Crippen LogP contribution in [0.15, 0.2) is 48.5 Å². The Labute approximate surface area is 227 Å². The minimum Gasteiger partial charge on any atom is -0.504 e. The predicted molar refractivity (Wildman–Crippen MR) is 142 cm³/mol. The van der Waals surface area contributed by atoms with Crippen LogP contribution in [0, 0.1) is 11.8 Å². The van der Waals surface area contributed by atoms with Crippen LogP contribution in [0.2, 0.25) is 0 Å². The van der Waals surface area contributed by atoms with E-state index in [9.17, 15) is 20.4 Å². The van der Waals surface area contributed by atoms with Crippen molar-refractivity contribution in [2.75, 3.05) is 41.2 Å².